The Kier molecular flexibility index (Phi) is 7.09. The third kappa shape index (κ3) is 5.11. The number of esters is 1. The molecule has 0 aliphatic heterocycles. The molecule has 0 radical (unpaired) electrons. The zero-order chi connectivity index (χ0) is 18.2. The Labute approximate surface area is 148 Å². The zero-order valence-corrected chi connectivity index (χ0v) is 14.7. The van der Waals surface area contributed by atoms with E-state index in [4.69, 9.17) is 14.2 Å². The summed E-state index contributed by atoms with van der Waals surface area (Å²) < 4.78 is 29.6. The van der Waals surface area contributed by atoms with Crippen LogP contribution in [-0.2, 0) is 20.7 Å². The van der Waals surface area contributed by atoms with Crippen LogP contribution in [0.1, 0.15) is 12.5 Å². The molecule has 0 saturated carbocycles. The molecule has 0 fully saturated rings. The van der Waals surface area contributed by atoms with Gasteiger partial charge in [-0.1, -0.05) is 24.8 Å². The van der Waals surface area contributed by atoms with Crippen LogP contribution >= 0.6 is 11.3 Å². The number of hydrogen-bond donors (Lipinski definition) is 0. The fourth-order valence-electron chi connectivity index (χ4n) is 2.24. The summed E-state index contributed by atoms with van der Waals surface area (Å²) in [6.45, 7) is 6.15. The molecule has 0 aliphatic rings. The second-order valence-electron chi connectivity index (χ2n) is 5.03. The van der Waals surface area contributed by atoms with Gasteiger partial charge in [0.15, 0.2) is 5.82 Å². The van der Waals surface area contributed by atoms with Gasteiger partial charge in [-0.05, 0) is 30.0 Å². The van der Waals surface area contributed by atoms with Crippen LogP contribution in [0.4, 0.5) is 4.39 Å². The van der Waals surface area contributed by atoms with Crippen LogP contribution in [0.3, 0.4) is 0 Å². The molecule has 25 heavy (non-hydrogen) atoms. The van der Waals surface area contributed by atoms with Crippen molar-refractivity contribution in [2.24, 2.45) is 0 Å². The largest absolute Gasteiger partial charge is 0.491 e. The Morgan fingerprint density at radius 1 is 1.28 bits per heavy atom. The van der Waals surface area contributed by atoms with Crippen LogP contribution in [-0.4, -0.2) is 32.4 Å². The lowest BCUT2D eigenvalue weighted by molar-refractivity contribution is -0.139. The summed E-state index contributed by atoms with van der Waals surface area (Å²) in [5, 5.41) is 0.734. The Morgan fingerprint density at radius 2 is 2.04 bits per heavy atom. The van der Waals surface area contributed by atoms with Crippen molar-refractivity contribution in [1.29, 1.82) is 0 Å². The van der Waals surface area contributed by atoms with Gasteiger partial charge in [-0.25, -0.2) is 9.18 Å². The van der Waals surface area contributed by atoms with Crippen molar-refractivity contribution < 1.29 is 23.4 Å². The number of ether oxygens (including phenoxy) is 3. The Morgan fingerprint density at radius 3 is 2.76 bits per heavy atom. The Balaban J connectivity index is 1.88. The van der Waals surface area contributed by atoms with E-state index in [9.17, 15) is 14.0 Å². The first-order valence-electron chi connectivity index (χ1n) is 7.81. The number of halogens is 1. The third-order valence-electron chi connectivity index (χ3n) is 3.41. The van der Waals surface area contributed by atoms with Gasteiger partial charge < -0.3 is 14.2 Å². The summed E-state index contributed by atoms with van der Waals surface area (Å²) in [4.78, 5) is 22.5. The summed E-state index contributed by atoms with van der Waals surface area (Å²) in [5.41, 5.74) is 0.433. The van der Waals surface area contributed by atoms with Gasteiger partial charge in [-0.15, -0.1) is 0 Å². The van der Waals surface area contributed by atoms with E-state index in [1.807, 2.05) is 6.92 Å². The van der Waals surface area contributed by atoms with Crippen molar-refractivity contribution in [2.45, 2.75) is 13.3 Å². The molecule has 2 rings (SSSR count). The SMILES string of the molecule is C=CC(=O)OCCOCCOc1ccc2c(CC)c(F)c(=O)sc2c1. The molecule has 0 N–H and O–H groups in total. The molecule has 1 heterocycles. The molecular formula is C18H19FO5S. The predicted octanol–water partition coefficient (Wildman–Crippen LogP) is 3.09. The minimum absolute atomic E-state index is 0.153. The van der Waals surface area contributed by atoms with Crippen LogP contribution < -0.4 is 9.48 Å². The van der Waals surface area contributed by atoms with E-state index < -0.39 is 16.5 Å². The number of benzene rings is 1. The number of carbonyl (C=O) groups is 1. The first-order chi connectivity index (χ1) is 12.1. The maximum atomic E-state index is 13.9. The van der Waals surface area contributed by atoms with Gasteiger partial charge in [-0.3, -0.25) is 4.79 Å². The fourth-order valence-corrected chi connectivity index (χ4v) is 3.13. The minimum atomic E-state index is -0.667. The van der Waals surface area contributed by atoms with Crippen molar-refractivity contribution >= 4 is 27.4 Å². The molecule has 1 aromatic carbocycles. The number of hydrogen-bond acceptors (Lipinski definition) is 6. The summed E-state index contributed by atoms with van der Waals surface area (Å²) >= 11 is 0.869. The van der Waals surface area contributed by atoms with Crippen LogP contribution in [0, 0.1) is 5.82 Å². The lowest BCUT2D eigenvalue weighted by Crippen LogP contribution is -2.12. The van der Waals surface area contributed by atoms with E-state index in [0.29, 0.717) is 35.6 Å². The summed E-state index contributed by atoms with van der Waals surface area (Å²) in [7, 11) is 0. The first-order valence-corrected chi connectivity index (χ1v) is 8.63. The standard InChI is InChI=1S/C18H19FO5S/c1-3-13-14-6-5-12(11-15(14)25-18(21)17(13)19)23-9-7-22-8-10-24-16(20)4-2/h4-6,11H,2-3,7-10H2,1H3. The van der Waals surface area contributed by atoms with Gasteiger partial charge in [0.25, 0.3) is 4.74 Å². The van der Waals surface area contributed by atoms with Crippen LogP contribution in [0.2, 0.25) is 0 Å². The molecule has 0 saturated heterocycles. The lowest BCUT2D eigenvalue weighted by Gasteiger charge is -2.09. The highest BCUT2D eigenvalue weighted by Crippen LogP contribution is 2.27. The maximum absolute atomic E-state index is 13.9. The molecule has 134 valence electrons. The molecular weight excluding hydrogens is 347 g/mol. The second-order valence-corrected chi connectivity index (χ2v) is 6.04. The highest BCUT2D eigenvalue weighted by molar-refractivity contribution is 7.16. The quantitative estimate of drug-likeness (QED) is 0.388. The molecule has 1 aromatic heterocycles. The Hall–Kier alpha value is -2.25. The van der Waals surface area contributed by atoms with E-state index in [1.54, 1.807) is 18.2 Å². The Bertz CT molecular complexity index is 815. The van der Waals surface area contributed by atoms with Gasteiger partial charge in [-0.2, -0.15) is 0 Å². The molecule has 0 atom stereocenters. The molecule has 5 nitrogen and oxygen atoms in total. The minimum Gasteiger partial charge on any atom is -0.491 e. The molecule has 0 aliphatic carbocycles. The van der Waals surface area contributed by atoms with Crippen molar-refractivity contribution in [3.8, 4) is 5.75 Å². The van der Waals surface area contributed by atoms with Gasteiger partial charge >= 0.3 is 5.97 Å². The average Bonchev–Trinajstić information content (AvgIpc) is 2.61. The number of fused-ring (bicyclic) bond motifs is 1. The molecule has 2 aromatic rings. The van der Waals surface area contributed by atoms with Gasteiger partial charge in [0.05, 0.1) is 13.2 Å². The number of rotatable bonds is 9. The zero-order valence-electron chi connectivity index (χ0n) is 13.9. The van der Waals surface area contributed by atoms with Crippen LogP contribution in [0.5, 0.6) is 5.75 Å². The van der Waals surface area contributed by atoms with Gasteiger partial charge in [0.1, 0.15) is 19.0 Å². The van der Waals surface area contributed by atoms with Crippen LogP contribution in [0.15, 0.2) is 35.6 Å². The lowest BCUT2D eigenvalue weighted by atomic mass is 10.1. The van der Waals surface area contributed by atoms with E-state index in [1.165, 1.54) is 0 Å². The van der Waals surface area contributed by atoms with Crippen molar-refractivity contribution in [2.75, 3.05) is 26.4 Å². The molecule has 0 amide bonds. The average molecular weight is 366 g/mol. The monoisotopic (exact) mass is 366 g/mol. The smallest absolute Gasteiger partial charge is 0.330 e. The van der Waals surface area contributed by atoms with Gasteiger partial charge in [0.2, 0.25) is 0 Å². The van der Waals surface area contributed by atoms with Crippen LogP contribution in [0.25, 0.3) is 10.1 Å². The second kappa shape index (κ2) is 9.29. The summed E-state index contributed by atoms with van der Waals surface area (Å²) in [6, 6.07) is 5.23. The first kappa shape index (κ1) is 19.1. The van der Waals surface area contributed by atoms with Gasteiger partial charge in [0, 0.05) is 16.3 Å². The molecule has 0 bridgehead atoms. The predicted molar refractivity (Wildman–Crippen MR) is 94.9 cm³/mol. The highest BCUT2D eigenvalue weighted by atomic mass is 32.1. The topological polar surface area (TPSA) is 61.8 Å². The van der Waals surface area contributed by atoms with E-state index >= 15 is 0 Å². The number of aryl methyl sites for hydroxylation is 1. The summed E-state index contributed by atoms with van der Waals surface area (Å²) in [6.07, 6.45) is 1.54. The fraction of sp³-hybridized carbons (Fsp3) is 0.333. The molecule has 7 heteroatoms. The molecule has 0 unspecified atom stereocenters. The van der Waals surface area contributed by atoms with Crippen molar-refractivity contribution in [1.82, 2.24) is 0 Å². The normalized spacial score (nSPS) is 10.6. The number of carbonyl (C=O) groups excluding carboxylic acids is 1. The van der Waals surface area contributed by atoms with Crippen molar-refractivity contribution in [3.63, 3.8) is 0 Å². The van der Waals surface area contributed by atoms with Crippen molar-refractivity contribution in [3.05, 3.63) is 51.8 Å². The van der Waals surface area contributed by atoms with E-state index in [0.717, 1.165) is 22.8 Å². The third-order valence-corrected chi connectivity index (χ3v) is 4.34. The molecule has 0 spiro atoms. The van der Waals surface area contributed by atoms with E-state index in [2.05, 4.69) is 6.58 Å². The highest BCUT2D eigenvalue weighted by Gasteiger charge is 2.12. The maximum Gasteiger partial charge on any atom is 0.330 e. The summed E-state index contributed by atoms with van der Waals surface area (Å²) in [5.74, 6) is -0.574. The van der Waals surface area contributed by atoms with E-state index in [-0.39, 0.29) is 13.2 Å².